The molecule has 9 heteroatoms. The highest BCUT2D eigenvalue weighted by molar-refractivity contribution is 9.10. The van der Waals surface area contributed by atoms with Gasteiger partial charge in [-0.05, 0) is 34.8 Å². The quantitative estimate of drug-likeness (QED) is 0.718. The third-order valence-corrected chi connectivity index (χ3v) is 5.10. The van der Waals surface area contributed by atoms with Crippen molar-refractivity contribution in [1.29, 1.82) is 0 Å². The van der Waals surface area contributed by atoms with Gasteiger partial charge >= 0.3 is 0 Å². The van der Waals surface area contributed by atoms with Crippen LogP contribution in [0.1, 0.15) is 30.1 Å². The SMILES string of the molecule is CC(=O)NC1CN(C(=O)c2cncc(Br)c2)CC2(CCOCC2)NC1=O. The minimum absolute atomic E-state index is 0.110. The molecule has 0 aliphatic carbocycles. The number of hydrogen-bond acceptors (Lipinski definition) is 5. The molecule has 3 rings (SSSR count). The van der Waals surface area contributed by atoms with Crippen molar-refractivity contribution in [3.8, 4) is 0 Å². The van der Waals surface area contributed by atoms with E-state index in [-0.39, 0.29) is 24.3 Å². The summed E-state index contributed by atoms with van der Waals surface area (Å²) < 4.78 is 6.12. The van der Waals surface area contributed by atoms with E-state index in [9.17, 15) is 14.4 Å². The third kappa shape index (κ3) is 4.21. The molecule has 3 heterocycles. The van der Waals surface area contributed by atoms with Crippen LogP contribution in [0.5, 0.6) is 0 Å². The van der Waals surface area contributed by atoms with Gasteiger partial charge in [-0.15, -0.1) is 0 Å². The monoisotopic (exact) mass is 424 g/mol. The predicted octanol–water partition coefficient (Wildman–Crippen LogP) is 0.470. The molecule has 2 fully saturated rings. The zero-order valence-corrected chi connectivity index (χ0v) is 16.0. The van der Waals surface area contributed by atoms with Crippen LogP contribution in [-0.2, 0) is 14.3 Å². The van der Waals surface area contributed by atoms with Crippen molar-refractivity contribution in [2.24, 2.45) is 0 Å². The fourth-order valence-corrected chi connectivity index (χ4v) is 3.75. The van der Waals surface area contributed by atoms with Crippen LogP contribution in [0.4, 0.5) is 0 Å². The van der Waals surface area contributed by atoms with E-state index in [2.05, 4.69) is 31.5 Å². The first-order chi connectivity index (χ1) is 12.4. The van der Waals surface area contributed by atoms with Crippen LogP contribution in [0.3, 0.4) is 0 Å². The van der Waals surface area contributed by atoms with Gasteiger partial charge in [0.15, 0.2) is 0 Å². The molecule has 0 bridgehead atoms. The number of amides is 3. The Kier molecular flexibility index (Phi) is 5.57. The molecule has 1 aromatic heterocycles. The van der Waals surface area contributed by atoms with Gasteiger partial charge in [0.1, 0.15) is 6.04 Å². The van der Waals surface area contributed by atoms with Gasteiger partial charge in [-0.25, -0.2) is 0 Å². The summed E-state index contributed by atoms with van der Waals surface area (Å²) in [5.41, 5.74) is -0.116. The van der Waals surface area contributed by atoms with Crippen molar-refractivity contribution >= 4 is 33.7 Å². The first-order valence-corrected chi connectivity index (χ1v) is 9.25. The number of carbonyl (C=O) groups excluding carboxylic acids is 3. The molecule has 26 heavy (non-hydrogen) atoms. The van der Waals surface area contributed by atoms with Crippen LogP contribution in [0.2, 0.25) is 0 Å². The Morgan fingerprint density at radius 3 is 2.77 bits per heavy atom. The normalized spacial score (nSPS) is 22.5. The average Bonchev–Trinajstić information content (AvgIpc) is 2.71. The van der Waals surface area contributed by atoms with Crippen LogP contribution in [-0.4, -0.2) is 65.5 Å². The maximum absolute atomic E-state index is 13.1. The molecule has 2 saturated heterocycles. The Balaban J connectivity index is 1.90. The Morgan fingerprint density at radius 1 is 1.38 bits per heavy atom. The van der Waals surface area contributed by atoms with Crippen molar-refractivity contribution in [3.63, 3.8) is 0 Å². The molecule has 1 spiro atoms. The maximum Gasteiger partial charge on any atom is 0.255 e. The van der Waals surface area contributed by atoms with E-state index in [1.165, 1.54) is 13.1 Å². The van der Waals surface area contributed by atoms with E-state index in [1.807, 2.05) is 0 Å². The van der Waals surface area contributed by atoms with Crippen LogP contribution >= 0.6 is 15.9 Å². The first kappa shape index (κ1) is 18.8. The number of pyridine rings is 1. The Hall–Kier alpha value is -2.00. The summed E-state index contributed by atoms with van der Waals surface area (Å²) in [7, 11) is 0. The highest BCUT2D eigenvalue weighted by atomic mass is 79.9. The molecule has 2 N–H and O–H groups in total. The Morgan fingerprint density at radius 2 is 2.12 bits per heavy atom. The molecular formula is C17H21BrN4O4. The molecule has 0 aromatic carbocycles. The van der Waals surface area contributed by atoms with E-state index in [1.54, 1.807) is 17.2 Å². The highest BCUT2D eigenvalue weighted by Gasteiger charge is 2.42. The first-order valence-electron chi connectivity index (χ1n) is 8.45. The van der Waals surface area contributed by atoms with E-state index in [0.29, 0.717) is 42.6 Å². The summed E-state index contributed by atoms with van der Waals surface area (Å²) in [6, 6.07) is 0.901. The molecule has 0 saturated carbocycles. The lowest BCUT2D eigenvalue weighted by Gasteiger charge is -2.39. The number of ether oxygens (including phenoxy) is 1. The molecule has 8 nitrogen and oxygen atoms in total. The van der Waals surface area contributed by atoms with Crippen molar-refractivity contribution < 1.29 is 19.1 Å². The molecule has 1 aromatic rings. The number of aromatic nitrogens is 1. The number of rotatable bonds is 2. The summed E-state index contributed by atoms with van der Waals surface area (Å²) in [6.07, 6.45) is 4.33. The van der Waals surface area contributed by atoms with E-state index in [4.69, 9.17) is 4.74 Å². The van der Waals surface area contributed by atoms with Crippen molar-refractivity contribution in [3.05, 3.63) is 28.5 Å². The third-order valence-electron chi connectivity index (χ3n) is 4.67. The van der Waals surface area contributed by atoms with E-state index >= 15 is 0 Å². The summed E-state index contributed by atoms with van der Waals surface area (Å²) >= 11 is 3.32. The Labute approximate surface area is 159 Å². The standard InChI is InChI=1S/C17H21BrN4O4/c1-11(23)20-14-9-22(16(25)12-6-13(18)8-19-7-12)10-17(21-15(14)24)2-4-26-5-3-17/h6-8,14H,2-5,9-10H2,1H3,(H,20,23)(H,21,24). The molecule has 1 unspecified atom stereocenters. The van der Waals surface area contributed by atoms with E-state index in [0.717, 1.165) is 0 Å². The van der Waals surface area contributed by atoms with Crippen LogP contribution in [0.25, 0.3) is 0 Å². The van der Waals surface area contributed by atoms with Crippen molar-refractivity contribution in [2.75, 3.05) is 26.3 Å². The van der Waals surface area contributed by atoms with Gasteiger partial charge in [0, 0.05) is 43.5 Å². The lowest BCUT2D eigenvalue weighted by molar-refractivity contribution is -0.129. The predicted molar refractivity (Wildman–Crippen MR) is 96.4 cm³/mol. The zero-order chi connectivity index (χ0) is 18.7. The van der Waals surface area contributed by atoms with Gasteiger partial charge in [0.2, 0.25) is 11.8 Å². The lowest BCUT2D eigenvalue weighted by atomic mass is 9.89. The average molecular weight is 425 g/mol. The summed E-state index contributed by atoms with van der Waals surface area (Å²) in [5.74, 6) is -0.814. The fraction of sp³-hybridized carbons (Fsp3) is 0.529. The number of hydrogen-bond donors (Lipinski definition) is 2. The molecule has 2 aliphatic rings. The number of nitrogens with one attached hydrogen (secondary N) is 2. The largest absolute Gasteiger partial charge is 0.381 e. The topological polar surface area (TPSA) is 101 Å². The van der Waals surface area contributed by atoms with Crippen molar-refractivity contribution in [1.82, 2.24) is 20.5 Å². The molecular weight excluding hydrogens is 404 g/mol. The fourth-order valence-electron chi connectivity index (χ4n) is 3.39. The number of nitrogens with zero attached hydrogens (tertiary/aromatic N) is 2. The van der Waals surface area contributed by atoms with Gasteiger partial charge in [0.05, 0.1) is 17.6 Å². The minimum atomic E-state index is -0.793. The summed E-state index contributed by atoms with van der Waals surface area (Å²) in [4.78, 5) is 42.9. The van der Waals surface area contributed by atoms with Gasteiger partial charge in [-0.2, -0.15) is 0 Å². The second-order valence-electron chi connectivity index (χ2n) is 6.71. The second kappa shape index (κ2) is 7.71. The van der Waals surface area contributed by atoms with Gasteiger partial charge in [-0.3, -0.25) is 19.4 Å². The number of carbonyl (C=O) groups is 3. The van der Waals surface area contributed by atoms with Gasteiger partial charge < -0.3 is 20.3 Å². The lowest BCUT2D eigenvalue weighted by Crippen LogP contribution is -2.57. The molecule has 0 radical (unpaired) electrons. The molecule has 1 atom stereocenters. The number of halogens is 1. The van der Waals surface area contributed by atoms with Gasteiger partial charge in [-0.1, -0.05) is 0 Å². The summed E-state index contributed by atoms with van der Waals surface area (Å²) in [6.45, 7) is 2.87. The highest BCUT2D eigenvalue weighted by Crippen LogP contribution is 2.26. The molecule has 3 amide bonds. The van der Waals surface area contributed by atoms with Crippen LogP contribution in [0.15, 0.2) is 22.9 Å². The van der Waals surface area contributed by atoms with Crippen molar-refractivity contribution in [2.45, 2.75) is 31.3 Å². The smallest absolute Gasteiger partial charge is 0.255 e. The summed E-state index contributed by atoms with van der Waals surface area (Å²) in [5, 5.41) is 5.69. The van der Waals surface area contributed by atoms with Crippen LogP contribution in [0, 0.1) is 0 Å². The van der Waals surface area contributed by atoms with E-state index < -0.39 is 11.6 Å². The minimum Gasteiger partial charge on any atom is -0.381 e. The maximum atomic E-state index is 13.1. The molecule has 140 valence electrons. The Bertz CT molecular complexity index is 720. The zero-order valence-electron chi connectivity index (χ0n) is 14.5. The molecule has 2 aliphatic heterocycles. The van der Waals surface area contributed by atoms with Crippen LogP contribution < -0.4 is 10.6 Å². The second-order valence-corrected chi connectivity index (χ2v) is 7.63. The van der Waals surface area contributed by atoms with Gasteiger partial charge in [0.25, 0.3) is 5.91 Å².